The fourth-order valence-electron chi connectivity index (χ4n) is 3.06. The summed E-state index contributed by atoms with van der Waals surface area (Å²) in [4.78, 5) is 26.9. The van der Waals surface area contributed by atoms with Gasteiger partial charge in [0.05, 0.1) is 24.3 Å². The first kappa shape index (κ1) is 17.6. The molecule has 1 aromatic heterocycles. The smallest absolute Gasteiger partial charge is 0.275 e. The standard InChI is InChI=1S/C18H24N4O3/c1-14-15-5-2-3-6-16(15)18(24)22(20-14)13-17(23)19-7-4-8-21-9-11-25-12-10-21/h2-3,5-6H,4,7-13H2,1H3,(H,19,23). The maximum absolute atomic E-state index is 12.5. The summed E-state index contributed by atoms with van der Waals surface area (Å²) in [7, 11) is 0. The molecule has 0 atom stereocenters. The lowest BCUT2D eigenvalue weighted by Crippen LogP contribution is -2.39. The van der Waals surface area contributed by atoms with Crippen molar-refractivity contribution >= 4 is 16.7 Å². The molecule has 7 heteroatoms. The molecule has 0 spiro atoms. The highest BCUT2D eigenvalue weighted by Gasteiger charge is 2.12. The summed E-state index contributed by atoms with van der Waals surface area (Å²) in [6, 6.07) is 7.33. The number of carbonyl (C=O) groups is 1. The largest absolute Gasteiger partial charge is 0.379 e. The average molecular weight is 344 g/mol. The Kier molecular flexibility index (Phi) is 5.78. The monoisotopic (exact) mass is 344 g/mol. The number of aryl methyl sites for hydroxylation is 1. The summed E-state index contributed by atoms with van der Waals surface area (Å²) >= 11 is 0. The molecule has 25 heavy (non-hydrogen) atoms. The molecule has 3 rings (SSSR count). The molecule has 1 aromatic carbocycles. The Morgan fingerprint density at radius 1 is 1.24 bits per heavy atom. The Morgan fingerprint density at radius 2 is 1.96 bits per heavy atom. The van der Waals surface area contributed by atoms with Crippen molar-refractivity contribution in [3.8, 4) is 0 Å². The second-order valence-corrected chi connectivity index (χ2v) is 6.25. The van der Waals surface area contributed by atoms with Crippen molar-refractivity contribution in [3.63, 3.8) is 0 Å². The molecule has 2 aromatic rings. The third-order valence-electron chi connectivity index (χ3n) is 4.42. The predicted octanol–water partition coefficient (Wildman–Crippen LogP) is 0.543. The van der Waals surface area contributed by atoms with E-state index in [1.807, 2.05) is 25.1 Å². The van der Waals surface area contributed by atoms with Crippen molar-refractivity contribution in [2.75, 3.05) is 39.4 Å². The predicted molar refractivity (Wildman–Crippen MR) is 95.6 cm³/mol. The number of ether oxygens (including phenoxy) is 1. The van der Waals surface area contributed by atoms with Gasteiger partial charge in [-0.25, -0.2) is 4.68 Å². The molecule has 1 aliphatic heterocycles. The molecular formula is C18H24N4O3. The van der Waals surface area contributed by atoms with E-state index in [2.05, 4.69) is 15.3 Å². The average Bonchev–Trinajstić information content (AvgIpc) is 2.64. The number of aromatic nitrogens is 2. The Balaban J connectivity index is 1.53. The summed E-state index contributed by atoms with van der Waals surface area (Å²) < 4.78 is 6.56. The summed E-state index contributed by atoms with van der Waals surface area (Å²) in [5, 5.41) is 8.55. The fraction of sp³-hybridized carbons (Fsp3) is 0.500. The molecule has 7 nitrogen and oxygen atoms in total. The summed E-state index contributed by atoms with van der Waals surface area (Å²) in [5.41, 5.74) is 0.514. The van der Waals surface area contributed by atoms with Gasteiger partial charge in [-0.1, -0.05) is 18.2 Å². The number of hydrogen-bond acceptors (Lipinski definition) is 5. The maximum atomic E-state index is 12.5. The van der Waals surface area contributed by atoms with Gasteiger partial charge in [-0.2, -0.15) is 5.10 Å². The van der Waals surface area contributed by atoms with Crippen LogP contribution < -0.4 is 10.9 Å². The fourth-order valence-corrected chi connectivity index (χ4v) is 3.06. The number of nitrogens with zero attached hydrogens (tertiary/aromatic N) is 3. The molecule has 0 bridgehead atoms. The zero-order valence-corrected chi connectivity index (χ0v) is 14.5. The van der Waals surface area contributed by atoms with Crippen LogP contribution in [0.3, 0.4) is 0 Å². The number of carbonyl (C=O) groups excluding carboxylic acids is 1. The number of hydrogen-bond donors (Lipinski definition) is 1. The van der Waals surface area contributed by atoms with Crippen LogP contribution in [0.15, 0.2) is 29.1 Å². The maximum Gasteiger partial charge on any atom is 0.275 e. The number of rotatable bonds is 6. The van der Waals surface area contributed by atoms with Gasteiger partial charge >= 0.3 is 0 Å². The molecule has 0 radical (unpaired) electrons. The Bertz CT molecular complexity index is 796. The molecule has 0 aliphatic carbocycles. The lowest BCUT2D eigenvalue weighted by molar-refractivity contribution is -0.121. The highest BCUT2D eigenvalue weighted by atomic mass is 16.5. The van der Waals surface area contributed by atoms with E-state index in [0.29, 0.717) is 11.9 Å². The van der Waals surface area contributed by atoms with Crippen molar-refractivity contribution in [3.05, 3.63) is 40.3 Å². The lowest BCUT2D eigenvalue weighted by Gasteiger charge is -2.26. The topological polar surface area (TPSA) is 76.5 Å². The minimum atomic E-state index is -0.232. The van der Waals surface area contributed by atoms with Crippen LogP contribution in [0.1, 0.15) is 12.1 Å². The summed E-state index contributed by atoms with van der Waals surface area (Å²) in [6.45, 7) is 6.78. The first-order chi connectivity index (χ1) is 12.1. The molecule has 0 unspecified atom stereocenters. The van der Waals surface area contributed by atoms with Crippen molar-refractivity contribution in [1.82, 2.24) is 20.0 Å². The third-order valence-corrected chi connectivity index (χ3v) is 4.42. The van der Waals surface area contributed by atoms with Crippen LogP contribution >= 0.6 is 0 Å². The van der Waals surface area contributed by atoms with Gasteiger partial charge in [0.15, 0.2) is 0 Å². The summed E-state index contributed by atoms with van der Waals surface area (Å²) in [6.07, 6.45) is 0.880. The van der Waals surface area contributed by atoms with Crippen molar-refractivity contribution < 1.29 is 9.53 Å². The molecule has 1 aliphatic rings. The normalized spacial score (nSPS) is 15.4. The molecule has 1 fully saturated rings. The molecule has 1 N–H and O–H groups in total. The van der Waals surface area contributed by atoms with Crippen LogP contribution in [0.4, 0.5) is 0 Å². The zero-order chi connectivity index (χ0) is 17.6. The van der Waals surface area contributed by atoms with Gasteiger partial charge in [-0.3, -0.25) is 14.5 Å². The molecular weight excluding hydrogens is 320 g/mol. The van der Waals surface area contributed by atoms with E-state index in [1.54, 1.807) is 6.07 Å². The first-order valence-electron chi connectivity index (χ1n) is 8.68. The number of nitrogens with one attached hydrogen (secondary N) is 1. The van der Waals surface area contributed by atoms with E-state index in [9.17, 15) is 9.59 Å². The highest BCUT2D eigenvalue weighted by molar-refractivity contribution is 5.83. The SMILES string of the molecule is Cc1nn(CC(=O)NCCCN2CCOCC2)c(=O)c2ccccc12. The van der Waals surface area contributed by atoms with Crippen LogP contribution in [-0.2, 0) is 16.1 Å². The van der Waals surface area contributed by atoms with Gasteiger partial charge in [-0.05, 0) is 26.0 Å². The van der Waals surface area contributed by atoms with Gasteiger partial charge < -0.3 is 10.1 Å². The number of benzene rings is 1. The van der Waals surface area contributed by atoms with E-state index in [1.165, 1.54) is 4.68 Å². The van der Waals surface area contributed by atoms with Gasteiger partial charge in [0.25, 0.3) is 5.56 Å². The Hall–Kier alpha value is -2.25. The number of fused-ring (bicyclic) bond motifs is 1. The van der Waals surface area contributed by atoms with Gasteiger partial charge in [0.1, 0.15) is 6.54 Å². The van der Waals surface area contributed by atoms with Crippen LogP contribution in [0, 0.1) is 6.92 Å². The van der Waals surface area contributed by atoms with Crippen LogP contribution in [0.25, 0.3) is 10.8 Å². The third kappa shape index (κ3) is 4.43. The number of amides is 1. The first-order valence-corrected chi connectivity index (χ1v) is 8.68. The van der Waals surface area contributed by atoms with Crippen molar-refractivity contribution in [1.29, 1.82) is 0 Å². The van der Waals surface area contributed by atoms with E-state index >= 15 is 0 Å². The van der Waals surface area contributed by atoms with Crippen molar-refractivity contribution in [2.45, 2.75) is 19.9 Å². The van der Waals surface area contributed by atoms with Gasteiger partial charge in [0.2, 0.25) is 5.91 Å². The second-order valence-electron chi connectivity index (χ2n) is 6.25. The quantitative estimate of drug-likeness (QED) is 0.774. The molecule has 0 saturated carbocycles. The zero-order valence-electron chi connectivity index (χ0n) is 14.5. The van der Waals surface area contributed by atoms with Gasteiger partial charge in [-0.15, -0.1) is 0 Å². The van der Waals surface area contributed by atoms with E-state index in [0.717, 1.165) is 50.3 Å². The molecule has 1 saturated heterocycles. The lowest BCUT2D eigenvalue weighted by atomic mass is 10.1. The Morgan fingerprint density at radius 3 is 2.72 bits per heavy atom. The Labute approximate surface area is 146 Å². The van der Waals surface area contributed by atoms with Crippen molar-refractivity contribution in [2.24, 2.45) is 0 Å². The highest BCUT2D eigenvalue weighted by Crippen LogP contribution is 2.11. The minimum absolute atomic E-state index is 0.0535. The van der Waals surface area contributed by atoms with Crippen LogP contribution in [0.2, 0.25) is 0 Å². The number of morpholine rings is 1. The van der Waals surface area contributed by atoms with Gasteiger partial charge in [0, 0.05) is 25.0 Å². The van der Waals surface area contributed by atoms with E-state index in [4.69, 9.17) is 4.74 Å². The minimum Gasteiger partial charge on any atom is -0.379 e. The van der Waals surface area contributed by atoms with E-state index in [-0.39, 0.29) is 18.0 Å². The summed E-state index contributed by atoms with van der Waals surface area (Å²) in [5.74, 6) is -0.189. The molecule has 1 amide bonds. The molecule has 134 valence electrons. The van der Waals surface area contributed by atoms with Crippen LogP contribution in [0.5, 0.6) is 0 Å². The molecule has 2 heterocycles. The van der Waals surface area contributed by atoms with Crippen LogP contribution in [-0.4, -0.2) is 60.0 Å². The second kappa shape index (κ2) is 8.22. The van der Waals surface area contributed by atoms with E-state index < -0.39 is 0 Å².